The zero-order valence-electron chi connectivity index (χ0n) is 17.0. The van der Waals surface area contributed by atoms with Crippen molar-refractivity contribution in [2.45, 2.75) is 51.0 Å². The van der Waals surface area contributed by atoms with Gasteiger partial charge in [0.25, 0.3) is 0 Å². The Morgan fingerprint density at radius 2 is 1.79 bits per heavy atom. The quantitative estimate of drug-likeness (QED) is 0.799. The lowest BCUT2D eigenvalue weighted by molar-refractivity contribution is -0.147. The van der Waals surface area contributed by atoms with Crippen molar-refractivity contribution in [3.8, 4) is 0 Å². The lowest BCUT2D eigenvalue weighted by atomic mass is 9.66. The average molecular weight is 385 g/mol. The van der Waals surface area contributed by atoms with Gasteiger partial charge in [0.05, 0.1) is 12.5 Å². The van der Waals surface area contributed by atoms with Crippen LogP contribution in [0.15, 0.2) is 24.5 Å². The molecule has 1 aromatic rings. The molecular formula is C22H32N4O2. The second kappa shape index (κ2) is 8.19. The average Bonchev–Trinajstić information content (AvgIpc) is 3.24. The summed E-state index contributed by atoms with van der Waals surface area (Å²) in [5, 5.41) is 0. The number of nitrogens with zero attached hydrogens (tertiary/aromatic N) is 4. The maximum Gasteiger partial charge on any atom is 0.240 e. The number of rotatable bonds is 3. The molecule has 3 aliphatic rings. The molecule has 1 unspecified atom stereocenters. The van der Waals surface area contributed by atoms with Gasteiger partial charge in [-0.1, -0.05) is 6.07 Å². The molecule has 0 N–H and O–H groups in total. The van der Waals surface area contributed by atoms with Crippen molar-refractivity contribution in [1.82, 2.24) is 19.7 Å². The van der Waals surface area contributed by atoms with Crippen LogP contribution in [0.3, 0.4) is 0 Å². The first-order valence-electron chi connectivity index (χ1n) is 10.7. The first-order chi connectivity index (χ1) is 13.6. The third kappa shape index (κ3) is 3.79. The van der Waals surface area contributed by atoms with Crippen molar-refractivity contribution in [2.24, 2.45) is 5.41 Å². The fourth-order valence-electron chi connectivity index (χ4n) is 5.49. The SMILES string of the molecule is CN1CCCC2(CCN(C(=O)Cc3cccnc3)CC2)C1C(=O)N1CCCC1. The maximum atomic E-state index is 13.3. The number of likely N-dealkylation sites (N-methyl/N-ethyl adjacent to an activating group) is 1. The van der Waals surface area contributed by atoms with Crippen LogP contribution in [0.5, 0.6) is 0 Å². The van der Waals surface area contributed by atoms with Crippen molar-refractivity contribution in [3.63, 3.8) is 0 Å². The van der Waals surface area contributed by atoms with Gasteiger partial charge >= 0.3 is 0 Å². The highest BCUT2D eigenvalue weighted by Crippen LogP contribution is 2.45. The zero-order valence-corrected chi connectivity index (χ0v) is 17.0. The van der Waals surface area contributed by atoms with E-state index in [0.717, 1.165) is 76.8 Å². The van der Waals surface area contributed by atoms with Crippen molar-refractivity contribution in [1.29, 1.82) is 0 Å². The summed E-state index contributed by atoms with van der Waals surface area (Å²) in [4.78, 5) is 36.5. The number of piperidine rings is 2. The second-order valence-electron chi connectivity index (χ2n) is 8.80. The molecule has 0 bridgehead atoms. The first kappa shape index (κ1) is 19.4. The van der Waals surface area contributed by atoms with Gasteiger partial charge < -0.3 is 9.80 Å². The molecule has 1 aromatic heterocycles. The van der Waals surface area contributed by atoms with E-state index in [4.69, 9.17) is 0 Å². The molecule has 1 atom stereocenters. The molecule has 28 heavy (non-hydrogen) atoms. The highest BCUT2D eigenvalue weighted by Gasteiger charge is 2.50. The molecule has 6 nitrogen and oxygen atoms in total. The second-order valence-corrected chi connectivity index (χ2v) is 8.80. The highest BCUT2D eigenvalue weighted by molar-refractivity contribution is 5.83. The van der Waals surface area contributed by atoms with Gasteiger partial charge in [-0.3, -0.25) is 19.5 Å². The van der Waals surface area contributed by atoms with E-state index in [1.165, 1.54) is 0 Å². The number of carbonyl (C=O) groups excluding carboxylic acids is 2. The van der Waals surface area contributed by atoms with Crippen molar-refractivity contribution >= 4 is 11.8 Å². The Balaban J connectivity index is 1.43. The zero-order chi connectivity index (χ0) is 19.6. The molecule has 0 aromatic carbocycles. The molecule has 2 amide bonds. The Morgan fingerprint density at radius 3 is 2.46 bits per heavy atom. The molecule has 6 heteroatoms. The Kier molecular flexibility index (Phi) is 5.67. The Hall–Kier alpha value is -1.95. The molecule has 4 rings (SSSR count). The molecule has 3 saturated heterocycles. The Labute approximate surface area is 167 Å². The molecule has 152 valence electrons. The summed E-state index contributed by atoms with van der Waals surface area (Å²) in [5.74, 6) is 0.504. The summed E-state index contributed by atoms with van der Waals surface area (Å²) < 4.78 is 0. The van der Waals surface area contributed by atoms with Gasteiger partial charge in [-0.2, -0.15) is 0 Å². The van der Waals surface area contributed by atoms with E-state index >= 15 is 0 Å². The molecule has 4 heterocycles. The van der Waals surface area contributed by atoms with Crippen molar-refractivity contribution in [2.75, 3.05) is 39.8 Å². The number of hydrogen-bond acceptors (Lipinski definition) is 4. The van der Waals surface area contributed by atoms with Crippen molar-refractivity contribution < 1.29 is 9.59 Å². The normalized spacial score (nSPS) is 25.2. The van der Waals surface area contributed by atoms with E-state index in [-0.39, 0.29) is 17.4 Å². The van der Waals surface area contributed by atoms with E-state index in [1.54, 1.807) is 12.4 Å². The number of amides is 2. The van der Waals surface area contributed by atoms with Crippen LogP contribution in [0, 0.1) is 5.41 Å². The van der Waals surface area contributed by atoms with Crippen LogP contribution < -0.4 is 0 Å². The Bertz CT molecular complexity index is 694. The van der Waals surface area contributed by atoms with Gasteiger partial charge in [0, 0.05) is 38.6 Å². The third-order valence-corrected chi connectivity index (χ3v) is 7.05. The molecule has 0 aliphatic carbocycles. The molecule has 1 spiro atoms. The van der Waals surface area contributed by atoms with Crippen LogP contribution in [-0.2, 0) is 16.0 Å². The first-order valence-corrected chi connectivity index (χ1v) is 10.7. The van der Waals surface area contributed by atoms with E-state index in [0.29, 0.717) is 12.3 Å². The molecule has 0 radical (unpaired) electrons. The third-order valence-electron chi connectivity index (χ3n) is 7.05. The summed E-state index contributed by atoms with van der Waals surface area (Å²) in [6.07, 6.45) is 10.3. The van der Waals surface area contributed by atoms with E-state index in [9.17, 15) is 9.59 Å². The standard InChI is InChI=1S/C22H32N4O2/c1-24-11-5-7-22(20(24)21(28)26-12-2-3-13-26)8-14-25(15-9-22)19(27)16-18-6-4-10-23-17-18/h4,6,10,17,20H,2-3,5,7-9,11-16H2,1H3. The van der Waals surface area contributed by atoms with E-state index in [2.05, 4.69) is 21.8 Å². The predicted octanol–water partition coefficient (Wildman–Crippen LogP) is 1.95. The highest BCUT2D eigenvalue weighted by atomic mass is 16.2. The van der Waals surface area contributed by atoms with E-state index < -0.39 is 0 Å². The minimum absolute atomic E-state index is 0.0186. The lowest BCUT2D eigenvalue weighted by Gasteiger charge is -2.52. The molecule has 3 aliphatic heterocycles. The van der Waals surface area contributed by atoms with Crippen LogP contribution in [0.4, 0.5) is 0 Å². The number of aromatic nitrogens is 1. The predicted molar refractivity (Wildman–Crippen MR) is 108 cm³/mol. The summed E-state index contributed by atoms with van der Waals surface area (Å²) in [6.45, 7) is 4.34. The number of likely N-dealkylation sites (tertiary alicyclic amines) is 3. The largest absolute Gasteiger partial charge is 0.342 e. The van der Waals surface area contributed by atoms with Gasteiger partial charge in [-0.05, 0) is 69.2 Å². The van der Waals surface area contributed by atoms with Gasteiger partial charge in [0.1, 0.15) is 0 Å². The fourth-order valence-corrected chi connectivity index (χ4v) is 5.49. The lowest BCUT2D eigenvalue weighted by Crippen LogP contribution is -2.61. The summed E-state index contributed by atoms with van der Waals surface area (Å²) >= 11 is 0. The topological polar surface area (TPSA) is 56.8 Å². The van der Waals surface area contributed by atoms with Gasteiger partial charge in [0.15, 0.2) is 0 Å². The minimum Gasteiger partial charge on any atom is -0.342 e. The van der Waals surface area contributed by atoms with Gasteiger partial charge in [-0.25, -0.2) is 0 Å². The van der Waals surface area contributed by atoms with Gasteiger partial charge in [-0.15, -0.1) is 0 Å². The number of hydrogen-bond donors (Lipinski definition) is 0. The van der Waals surface area contributed by atoms with Crippen LogP contribution in [0.25, 0.3) is 0 Å². The number of pyridine rings is 1. The molecular weight excluding hydrogens is 352 g/mol. The summed E-state index contributed by atoms with van der Waals surface area (Å²) in [7, 11) is 2.11. The molecule has 0 saturated carbocycles. The fraction of sp³-hybridized carbons (Fsp3) is 0.682. The molecule has 3 fully saturated rings. The smallest absolute Gasteiger partial charge is 0.240 e. The summed E-state index contributed by atoms with van der Waals surface area (Å²) in [5.41, 5.74) is 0.991. The Morgan fingerprint density at radius 1 is 1.04 bits per heavy atom. The monoisotopic (exact) mass is 384 g/mol. The number of carbonyl (C=O) groups is 2. The minimum atomic E-state index is -0.0186. The maximum absolute atomic E-state index is 13.3. The van der Waals surface area contributed by atoms with Crippen LogP contribution >= 0.6 is 0 Å². The van der Waals surface area contributed by atoms with Crippen LogP contribution in [-0.4, -0.2) is 77.3 Å². The van der Waals surface area contributed by atoms with E-state index in [1.807, 2.05) is 17.0 Å². The van der Waals surface area contributed by atoms with Crippen LogP contribution in [0.2, 0.25) is 0 Å². The van der Waals surface area contributed by atoms with Crippen LogP contribution in [0.1, 0.15) is 44.1 Å². The summed E-state index contributed by atoms with van der Waals surface area (Å²) in [6, 6.07) is 3.81. The van der Waals surface area contributed by atoms with Gasteiger partial charge in [0.2, 0.25) is 11.8 Å². The van der Waals surface area contributed by atoms with Crippen molar-refractivity contribution in [3.05, 3.63) is 30.1 Å².